The lowest BCUT2D eigenvalue weighted by Crippen LogP contribution is -2.46. The first-order valence-electron chi connectivity index (χ1n) is 7.69. The quantitative estimate of drug-likeness (QED) is 0.866. The van der Waals surface area contributed by atoms with Gasteiger partial charge in [0.1, 0.15) is 0 Å². The molecule has 1 aliphatic rings. The van der Waals surface area contributed by atoms with Crippen LogP contribution in [-0.2, 0) is 4.79 Å². The number of hydrogen-bond donors (Lipinski definition) is 2. The van der Waals surface area contributed by atoms with Crippen LogP contribution in [0.4, 0.5) is 0 Å². The minimum Gasteiger partial charge on any atom is -0.352 e. The van der Waals surface area contributed by atoms with Gasteiger partial charge in [0.05, 0.1) is 6.04 Å². The standard InChI is InChI=1S/C17H26N2O/c1-12-7-6-8-15(11-12)13(2)18-14(3)17(20)19-16-9-4-5-10-16/h6-8,11,13-14,16,18H,4-5,9-10H2,1-3H3,(H,19,20)/t13-,14?/m1/s1. The van der Waals surface area contributed by atoms with Crippen LogP contribution in [0.5, 0.6) is 0 Å². The van der Waals surface area contributed by atoms with Gasteiger partial charge in [-0.3, -0.25) is 10.1 Å². The summed E-state index contributed by atoms with van der Waals surface area (Å²) in [7, 11) is 0. The van der Waals surface area contributed by atoms with Gasteiger partial charge in [-0.25, -0.2) is 0 Å². The van der Waals surface area contributed by atoms with Crippen LogP contribution in [0.3, 0.4) is 0 Å². The topological polar surface area (TPSA) is 41.1 Å². The molecule has 1 aromatic rings. The average Bonchev–Trinajstić information content (AvgIpc) is 2.91. The summed E-state index contributed by atoms with van der Waals surface area (Å²) in [6.45, 7) is 6.14. The van der Waals surface area contributed by atoms with Gasteiger partial charge in [-0.15, -0.1) is 0 Å². The van der Waals surface area contributed by atoms with E-state index in [1.54, 1.807) is 0 Å². The monoisotopic (exact) mass is 274 g/mol. The molecule has 3 heteroatoms. The molecule has 110 valence electrons. The molecule has 1 unspecified atom stereocenters. The number of aryl methyl sites for hydroxylation is 1. The van der Waals surface area contributed by atoms with E-state index >= 15 is 0 Å². The van der Waals surface area contributed by atoms with Gasteiger partial charge < -0.3 is 5.32 Å². The summed E-state index contributed by atoms with van der Waals surface area (Å²) in [6, 6.07) is 8.83. The van der Waals surface area contributed by atoms with Crippen LogP contribution in [0.1, 0.15) is 56.7 Å². The second-order valence-electron chi connectivity index (χ2n) is 6.01. The molecule has 1 fully saturated rings. The molecule has 20 heavy (non-hydrogen) atoms. The zero-order chi connectivity index (χ0) is 14.5. The first-order valence-corrected chi connectivity index (χ1v) is 7.69. The normalized spacial score (nSPS) is 18.8. The lowest BCUT2D eigenvalue weighted by molar-refractivity contribution is -0.123. The Labute approximate surface area is 122 Å². The van der Waals surface area contributed by atoms with Crippen molar-refractivity contribution in [1.82, 2.24) is 10.6 Å². The van der Waals surface area contributed by atoms with Crippen molar-refractivity contribution >= 4 is 5.91 Å². The van der Waals surface area contributed by atoms with Gasteiger partial charge >= 0.3 is 0 Å². The van der Waals surface area contributed by atoms with Crippen molar-refractivity contribution in [2.75, 3.05) is 0 Å². The minimum atomic E-state index is -0.161. The van der Waals surface area contributed by atoms with Gasteiger partial charge in [0, 0.05) is 12.1 Å². The van der Waals surface area contributed by atoms with Crippen molar-refractivity contribution in [2.45, 2.75) is 64.6 Å². The second kappa shape index (κ2) is 6.89. The zero-order valence-corrected chi connectivity index (χ0v) is 12.8. The van der Waals surface area contributed by atoms with Gasteiger partial charge in [0.25, 0.3) is 0 Å². The maximum Gasteiger partial charge on any atom is 0.237 e. The van der Waals surface area contributed by atoms with E-state index in [0.717, 1.165) is 12.8 Å². The van der Waals surface area contributed by atoms with Crippen LogP contribution in [0, 0.1) is 6.92 Å². The Hall–Kier alpha value is -1.35. The SMILES string of the molecule is Cc1cccc([C@@H](C)NC(C)C(=O)NC2CCCC2)c1. The average molecular weight is 274 g/mol. The van der Waals surface area contributed by atoms with Crippen LogP contribution in [0.15, 0.2) is 24.3 Å². The lowest BCUT2D eigenvalue weighted by atomic mass is 10.0. The molecule has 1 saturated carbocycles. The number of carbonyl (C=O) groups is 1. The molecular formula is C17H26N2O. The number of nitrogens with one attached hydrogen (secondary N) is 2. The Morgan fingerprint density at radius 1 is 1.25 bits per heavy atom. The van der Waals surface area contributed by atoms with Crippen LogP contribution in [0.25, 0.3) is 0 Å². The Balaban J connectivity index is 1.86. The van der Waals surface area contributed by atoms with Crippen molar-refractivity contribution in [3.8, 4) is 0 Å². The van der Waals surface area contributed by atoms with Crippen LogP contribution >= 0.6 is 0 Å². The fourth-order valence-corrected chi connectivity index (χ4v) is 2.88. The summed E-state index contributed by atoms with van der Waals surface area (Å²) in [5.74, 6) is 0.122. The lowest BCUT2D eigenvalue weighted by Gasteiger charge is -2.22. The maximum absolute atomic E-state index is 12.2. The van der Waals surface area contributed by atoms with Crippen LogP contribution in [-0.4, -0.2) is 18.0 Å². The largest absolute Gasteiger partial charge is 0.352 e. The highest BCUT2D eigenvalue weighted by Crippen LogP contribution is 2.18. The summed E-state index contributed by atoms with van der Waals surface area (Å²) >= 11 is 0. The number of hydrogen-bond acceptors (Lipinski definition) is 2. The summed E-state index contributed by atoms with van der Waals surface area (Å²) < 4.78 is 0. The second-order valence-corrected chi connectivity index (χ2v) is 6.01. The van der Waals surface area contributed by atoms with E-state index in [1.807, 2.05) is 6.92 Å². The van der Waals surface area contributed by atoms with Gasteiger partial charge in [-0.2, -0.15) is 0 Å². The number of benzene rings is 1. The van der Waals surface area contributed by atoms with E-state index in [-0.39, 0.29) is 18.0 Å². The number of carbonyl (C=O) groups excluding carboxylic acids is 1. The van der Waals surface area contributed by atoms with Gasteiger partial charge in [-0.05, 0) is 39.2 Å². The highest BCUT2D eigenvalue weighted by Gasteiger charge is 2.21. The molecule has 0 aromatic heterocycles. The molecule has 1 aromatic carbocycles. The third kappa shape index (κ3) is 4.07. The van der Waals surface area contributed by atoms with E-state index < -0.39 is 0 Å². The molecule has 2 atom stereocenters. The maximum atomic E-state index is 12.2. The molecule has 2 rings (SSSR count). The Morgan fingerprint density at radius 3 is 2.60 bits per heavy atom. The molecule has 0 radical (unpaired) electrons. The third-order valence-corrected chi connectivity index (χ3v) is 4.14. The Bertz CT molecular complexity index is 452. The molecule has 0 heterocycles. The summed E-state index contributed by atoms with van der Waals surface area (Å²) in [5, 5.41) is 6.53. The molecule has 1 amide bonds. The van der Waals surface area contributed by atoms with Gasteiger partial charge in [-0.1, -0.05) is 42.7 Å². The van der Waals surface area contributed by atoms with E-state index in [9.17, 15) is 4.79 Å². The molecular weight excluding hydrogens is 248 g/mol. The molecule has 0 spiro atoms. The first-order chi connectivity index (χ1) is 9.56. The minimum absolute atomic E-state index is 0.122. The highest BCUT2D eigenvalue weighted by molar-refractivity contribution is 5.81. The molecule has 0 bridgehead atoms. The summed E-state index contributed by atoms with van der Waals surface area (Å²) in [4.78, 5) is 12.2. The first kappa shape index (κ1) is 15.0. The Kier molecular flexibility index (Phi) is 5.18. The highest BCUT2D eigenvalue weighted by atomic mass is 16.2. The molecule has 2 N–H and O–H groups in total. The number of rotatable bonds is 5. The summed E-state index contributed by atoms with van der Waals surface area (Å²) in [5.41, 5.74) is 2.48. The van der Waals surface area contributed by atoms with Crippen molar-refractivity contribution < 1.29 is 4.79 Å². The van der Waals surface area contributed by atoms with Crippen molar-refractivity contribution in [2.24, 2.45) is 0 Å². The van der Waals surface area contributed by atoms with E-state index in [1.165, 1.54) is 24.0 Å². The van der Waals surface area contributed by atoms with Gasteiger partial charge in [0.15, 0.2) is 0 Å². The molecule has 0 aliphatic heterocycles. The van der Waals surface area contributed by atoms with E-state index in [2.05, 4.69) is 48.7 Å². The smallest absolute Gasteiger partial charge is 0.237 e. The van der Waals surface area contributed by atoms with Crippen molar-refractivity contribution in [1.29, 1.82) is 0 Å². The van der Waals surface area contributed by atoms with Crippen LogP contribution in [0.2, 0.25) is 0 Å². The fraction of sp³-hybridized carbons (Fsp3) is 0.588. The molecule has 0 saturated heterocycles. The van der Waals surface area contributed by atoms with Crippen molar-refractivity contribution in [3.63, 3.8) is 0 Å². The molecule has 1 aliphatic carbocycles. The number of amides is 1. The van der Waals surface area contributed by atoms with Crippen LogP contribution < -0.4 is 10.6 Å². The van der Waals surface area contributed by atoms with E-state index in [0.29, 0.717) is 6.04 Å². The van der Waals surface area contributed by atoms with Crippen molar-refractivity contribution in [3.05, 3.63) is 35.4 Å². The predicted octanol–water partition coefficient (Wildman–Crippen LogP) is 3.09. The third-order valence-electron chi connectivity index (χ3n) is 4.14. The summed E-state index contributed by atoms with van der Waals surface area (Å²) in [6.07, 6.45) is 4.75. The van der Waals surface area contributed by atoms with Gasteiger partial charge in [0.2, 0.25) is 5.91 Å². The zero-order valence-electron chi connectivity index (χ0n) is 12.8. The fourth-order valence-electron chi connectivity index (χ4n) is 2.88. The molecule has 3 nitrogen and oxygen atoms in total. The predicted molar refractivity (Wildman–Crippen MR) is 82.6 cm³/mol. The Morgan fingerprint density at radius 2 is 1.95 bits per heavy atom. The van der Waals surface area contributed by atoms with E-state index in [4.69, 9.17) is 0 Å².